The van der Waals surface area contributed by atoms with Crippen LogP contribution in [-0.2, 0) is 4.79 Å². The minimum absolute atomic E-state index is 0.175. The third-order valence-corrected chi connectivity index (χ3v) is 3.12. The van der Waals surface area contributed by atoms with Gasteiger partial charge in [0.2, 0.25) is 5.91 Å². The molecule has 100 valence electrons. The Morgan fingerprint density at radius 2 is 2.05 bits per heavy atom. The van der Waals surface area contributed by atoms with Gasteiger partial charge in [-0.3, -0.25) is 9.69 Å². The molecule has 2 aliphatic heterocycles. The van der Waals surface area contributed by atoms with Gasteiger partial charge in [0.05, 0.1) is 6.54 Å². The normalized spacial score (nSPS) is 22.1. The third kappa shape index (κ3) is 2.33. The molecule has 0 bridgehead atoms. The van der Waals surface area contributed by atoms with Crippen LogP contribution >= 0.6 is 0 Å². The van der Waals surface area contributed by atoms with E-state index in [-0.39, 0.29) is 24.6 Å². The first kappa shape index (κ1) is 11.8. The highest BCUT2D eigenvalue weighted by Gasteiger charge is 2.31. The number of hydrogen-bond donors (Lipinski definition) is 1. The van der Waals surface area contributed by atoms with Crippen molar-refractivity contribution in [2.24, 2.45) is 0 Å². The lowest BCUT2D eigenvalue weighted by atomic mass is 10.2. The summed E-state index contributed by atoms with van der Waals surface area (Å²) in [5.74, 6) is 1.16. The van der Waals surface area contributed by atoms with E-state index < -0.39 is 0 Å². The molecule has 6 nitrogen and oxygen atoms in total. The van der Waals surface area contributed by atoms with E-state index >= 15 is 0 Å². The minimum Gasteiger partial charge on any atom is -0.486 e. The second kappa shape index (κ2) is 4.79. The molecule has 1 fully saturated rings. The van der Waals surface area contributed by atoms with Gasteiger partial charge >= 0.3 is 6.03 Å². The smallest absolute Gasteiger partial charge is 0.324 e. The lowest BCUT2D eigenvalue weighted by Gasteiger charge is -2.32. The van der Waals surface area contributed by atoms with Crippen molar-refractivity contribution < 1.29 is 19.1 Å². The number of ether oxygens (including phenoxy) is 2. The summed E-state index contributed by atoms with van der Waals surface area (Å²) >= 11 is 0. The Bertz CT molecular complexity index is 501. The van der Waals surface area contributed by atoms with Crippen LogP contribution in [0.15, 0.2) is 24.3 Å². The number of nitrogens with one attached hydrogen (secondary N) is 1. The molecule has 19 heavy (non-hydrogen) atoms. The van der Waals surface area contributed by atoms with Gasteiger partial charge in [-0.1, -0.05) is 12.1 Å². The van der Waals surface area contributed by atoms with Crippen LogP contribution in [0.4, 0.5) is 4.79 Å². The Morgan fingerprint density at radius 1 is 1.26 bits per heavy atom. The fraction of sp³-hybridized carbons (Fsp3) is 0.385. The monoisotopic (exact) mass is 262 g/mol. The van der Waals surface area contributed by atoms with E-state index in [1.165, 1.54) is 4.90 Å². The second-order valence-electron chi connectivity index (χ2n) is 4.48. The zero-order chi connectivity index (χ0) is 13.2. The summed E-state index contributed by atoms with van der Waals surface area (Å²) in [6.07, 6.45) is -0.00156. The quantitative estimate of drug-likeness (QED) is 0.854. The lowest BCUT2D eigenvalue weighted by Crippen LogP contribution is -2.54. The summed E-state index contributed by atoms with van der Waals surface area (Å²) in [6.45, 7) is 0.937. The maximum Gasteiger partial charge on any atom is 0.324 e. The predicted molar refractivity (Wildman–Crippen MR) is 66.1 cm³/mol. The van der Waals surface area contributed by atoms with Crippen LogP contribution in [0.25, 0.3) is 0 Å². The number of amides is 3. The number of benzene rings is 1. The first-order valence-electron chi connectivity index (χ1n) is 6.21. The third-order valence-electron chi connectivity index (χ3n) is 3.12. The van der Waals surface area contributed by atoms with Crippen molar-refractivity contribution in [3.8, 4) is 11.5 Å². The van der Waals surface area contributed by atoms with E-state index in [0.29, 0.717) is 31.1 Å². The van der Waals surface area contributed by atoms with E-state index in [4.69, 9.17) is 9.47 Å². The summed E-state index contributed by atoms with van der Waals surface area (Å²) in [5, 5.41) is 2.64. The number of carbonyl (C=O) groups excluding carboxylic acids is 2. The van der Waals surface area contributed by atoms with Crippen LogP contribution in [-0.4, -0.2) is 42.6 Å². The fourth-order valence-electron chi connectivity index (χ4n) is 2.16. The molecule has 2 aliphatic rings. The number of rotatable bonds is 2. The average molecular weight is 262 g/mol. The van der Waals surface area contributed by atoms with Crippen LogP contribution in [0.3, 0.4) is 0 Å². The number of carbonyl (C=O) groups is 2. The molecule has 2 heterocycles. The van der Waals surface area contributed by atoms with Crippen molar-refractivity contribution >= 4 is 11.9 Å². The first-order chi connectivity index (χ1) is 9.24. The van der Waals surface area contributed by atoms with Crippen LogP contribution in [0.2, 0.25) is 0 Å². The van der Waals surface area contributed by atoms with E-state index in [9.17, 15) is 9.59 Å². The van der Waals surface area contributed by atoms with Gasteiger partial charge in [0.25, 0.3) is 0 Å². The van der Waals surface area contributed by atoms with Gasteiger partial charge in [-0.05, 0) is 12.1 Å². The molecule has 3 amide bonds. The van der Waals surface area contributed by atoms with Crippen LogP contribution in [0.5, 0.6) is 11.5 Å². The van der Waals surface area contributed by atoms with Gasteiger partial charge < -0.3 is 14.8 Å². The fourth-order valence-corrected chi connectivity index (χ4v) is 2.16. The van der Waals surface area contributed by atoms with Crippen molar-refractivity contribution in [1.29, 1.82) is 0 Å². The van der Waals surface area contributed by atoms with Gasteiger partial charge in [-0.25, -0.2) is 4.79 Å². The molecule has 0 radical (unpaired) electrons. The predicted octanol–water partition coefficient (Wildman–Crippen LogP) is 0.768. The summed E-state index contributed by atoms with van der Waals surface area (Å²) in [6, 6.07) is 6.98. The minimum atomic E-state index is -0.362. The zero-order valence-electron chi connectivity index (χ0n) is 10.3. The zero-order valence-corrected chi connectivity index (χ0v) is 10.3. The second-order valence-corrected chi connectivity index (χ2v) is 4.48. The standard InChI is InChI=1S/C13H14N2O4/c16-12-5-6-14-13(17)15(12)7-9-8-18-10-3-1-2-4-11(10)19-9/h1-4,9H,5-8H2,(H,14,17)/t9-/m1/s1. The summed E-state index contributed by atoms with van der Waals surface area (Å²) in [7, 11) is 0. The molecule has 0 aromatic heterocycles. The van der Waals surface area contributed by atoms with Gasteiger partial charge in [0, 0.05) is 13.0 Å². The maximum absolute atomic E-state index is 11.7. The largest absolute Gasteiger partial charge is 0.486 e. The van der Waals surface area contributed by atoms with Gasteiger partial charge in [-0.2, -0.15) is 0 Å². The van der Waals surface area contributed by atoms with Crippen LogP contribution in [0, 0.1) is 0 Å². The van der Waals surface area contributed by atoms with Crippen molar-refractivity contribution in [2.75, 3.05) is 19.7 Å². The highest BCUT2D eigenvalue weighted by atomic mass is 16.6. The molecule has 3 rings (SSSR count). The van der Waals surface area contributed by atoms with Gasteiger partial charge in [0.1, 0.15) is 6.61 Å². The van der Waals surface area contributed by atoms with Gasteiger partial charge in [-0.15, -0.1) is 0 Å². The highest BCUT2D eigenvalue weighted by molar-refractivity contribution is 5.96. The molecular weight excluding hydrogens is 248 g/mol. The molecule has 1 N–H and O–H groups in total. The Morgan fingerprint density at radius 3 is 2.84 bits per heavy atom. The molecule has 0 unspecified atom stereocenters. The molecule has 0 aliphatic carbocycles. The molecule has 0 saturated carbocycles. The van der Waals surface area contributed by atoms with Crippen LogP contribution < -0.4 is 14.8 Å². The Labute approximate surface area is 110 Å². The maximum atomic E-state index is 11.7. The summed E-state index contributed by atoms with van der Waals surface area (Å²) in [4.78, 5) is 24.5. The Balaban J connectivity index is 1.68. The van der Waals surface area contributed by atoms with Crippen LogP contribution in [0.1, 0.15) is 6.42 Å². The highest BCUT2D eigenvalue weighted by Crippen LogP contribution is 2.31. The van der Waals surface area contributed by atoms with E-state index in [2.05, 4.69) is 5.32 Å². The number of hydrogen-bond acceptors (Lipinski definition) is 4. The van der Waals surface area contributed by atoms with Crippen molar-refractivity contribution in [3.05, 3.63) is 24.3 Å². The van der Waals surface area contributed by atoms with E-state index in [1.807, 2.05) is 18.2 Å². The summed E-state index contributed by atoms with van der Waals surface area (Å²) in [5.41, 5.74) is 0. The number of imide groups is 1. The van der Waals surface area contributed by atoms with Gasteiger partial charge in [0.15, 0.2) is 17.6 Å². The number of para-hydroxylation sites is 2. The van der Waals surface area contributed by atoms with E-state index in [0.717, 1.165) is 0 Å². The Hall–Kier alpha value is -2.24. The van der Waals surface area contributed by atoms with E-state index in [1.54, 1.807) is 6.07 Å². The summed E-state index contributed by atoms with van der Waals surface area (Å²) < 4.78 is 11.3. The Kier molecular flexibility index (Phi) is 2.98. The number of fused-ring (bicyclic) bond motifs is 1. The van der Waals surface area contributed by atoms with Crippen molar-refractivity contribution in [3.63, 3.8) is 0 Å². The number of urea groups is 1. The molecular formula is C13H14N2O4. The lowest BCUT2D eigenvalue weighted by molar-refractivity contribution is -0.130. The SMILES string of the molecule is O=C1CCNC(=O)N1C[C@@H]1COc2ccccc2O1. The van der Waals surface area contributed by atoms with Crippen molar-refractivity contribution in [2.45, 2.75) is 12.5 Å². The molecule has 1 saturated heterocycles. The average Bonchev–Trinajstić information content (AvgIpc) is 2.43. The topological polar surface area (TPSA) is 67.9 Å². The molecule has 6 heteroatoms. The molecule has 1 atom stereocenters. The molecule has 0 spiro atoms. The first-order valence-corrected chi connectivity index (χ1v) is 6.21. The molecule has 1 aromatic rings. The van der Waals surface area contributed by atoms with Crippen molar-refractivity contribution in [1.82, 2.24) is 10.2 Å². The molecule has 1 aromatic carbocycles. The number of nitrogens with zero attached hydrogens (tertiary/aromatic N) is 1.